The summed E-state index contributed by atoms with van der Waals surface area (Å²) >= 11 is 0. The van der Waals surface area contributed by atoms with E-state index in [2.05, 4.69) is 6.92 Å². The molecular weight excluding hydrogens is 140 g/mol. The minimum absolute atomic E-state index is 0.387. The number of carboxylic acids is 1. The topological polar surface area (TPSA) is 37.3 Å². The molecule has 0 heterocycles. The van der Waals surface area contributed by atoms with Crippen LogP contribution in [0.1, 0.15) is 39.0 Å². The van der Waals surface area contributed by atoms with Gasteiger partial charge in [-0.25, -0.2) is 0 Å². The number of carbonyl (C=O) groups is 1. The first-order valence-electron chi connectivity index (χ1n) is 4.45. The molecule has 0 aromatic heterocycles. The van der Waals surface area contributed by atoms with Gasteiger partial charge in [-0.3, -0.25) is 4.79 Å². The molecular formula is C9H16O2. The lowest BCUT2D eigenvalue weighted by Crippen LogP contribution is -2.09. The molecule has 1 saturated carbocycles. The Bertz CT molecular complexity index is 138. The van der Waals surface area contributed by atoms with E-state index in [-0.39, 0.29) is 0 Å². The summed E-state index contributed by atoms with van der Waals surface area (Å²) in [5, 5.41) is 8.59. The number of hydrogen-bond donors (Lipinski definition) is 1. The van der Waals surface area contributed by atoms with Crippen LogP contribution in [0.2, 0.25) is 0 Å². The summed E-state index contributed by atoms with van der Waals surface area (Å²) in [6.07, 6.45) is 5.12. The molecule has 0 aliphatic heterocycles. The highest BCUT2D eigenvalue weighted by Crippen LogP contribution is 2.40. The first kappa shape index (κ1) is 8.57. The number of hydrogen-bond acceptors (Lipinski definition) is 1. The molecule has 0 spiro atoms. The summed E-state index contributed by atoms with van der Waals surface area (Å²) < 4.78 is 0. The van der Waals surface area contributed by atoms with Crippen LogP contribution in [0.4, 0.5) is 0 Å². The fraction of sp³-hybridized carbons (Fsp3) is 0.889. The third-order valence-electron chi connectivity index (χ3n) is 2.38. The largest absolute Gasteiger partial charge is 0.481 e. The van der Waals surface area contributed by atoms with Gasteiger partial charge in [0.1, 0.15) is 0 Å². The van der Waals surface area contributed by atoms with E-state index in [1.54, 1.807) is 0 Å². The maximum Gasteiger partial charge on any atom is 0.303 e. The van der Waals surface area contributed by atoms with Crippen molar-refractivity contribution in [2.24, 2.45) is 11.8 Å². The van der Waals surface area contributed by atoms with Crippen molar-refractivity contribution >= 4 is 5.97 Å². The molecule has 0 aromatic rings. The van der Waals surface area contributed by atoms with Gasteiger partial charge in [0.25, 0.3) is 0 Å². The van der Waals surface area contributed by atoms with E-state index in [0.29, 0.717) is 12.3 Å². The molecule has 64 valence electrons. The van der Waals surface area contributed by atoms with E-state index < -0.39 is 5.97 Å². The summed E-state index contributed by atoms with van der Waals surface area (Å²) in [5.41, 5.74) is 0. The van der Waals surface area contributed by atoms with Gasteiger partial charge >= 0.3 is 5.97 Å². The zero-order chi connectivity index (χ0) is 8.27. The van der Waals surface area contributed by atoms with Crippen molar-refractivity contribution in [2.45, 2.75) is 39.0 Å². The third-order valence-corrected chi connectivity index (χ3v) is 2.38. The maximum atomic E-state index is 10.4. The Morgan fingerprint density at radius 3 is 2.64 bits per heavy atom. The lowest BCUT2D eigenvalue weighted by molar-refractivity contribution is -0.138. The molecule has 0 radical (unpaired) electrons. The van der Waals surface area contributed by atoms with Gasteiger partial charge in [0.05, 0.1) is 0 Å². The average Bonchev–Trinajstić information content (AvgIpc) is 2.66. The number of aliphatic carboxylic acids is 1. The Morgan fingerprint density at radius 1 is 1.64 bits per heavy atom. The second kappa shape index (κ2) is 3.74. The smallest absolute Gasteiger partial charge is 0.303 e. The highest BCUT2D eigenvalue weighted by atomic mass is 16.4. The van der Waals surface area contributed by atoms with E-state index >= 15 is 0 Å². The fourth-order valence-corrected chi connectivity index (χ4v) is 1.67. The molecule has 11 heavy (non-hydrogen) atoms. The van der Waals surface area contributed by atoms with Crippen LogP contribution in [0.5, 0.6) is 0 Å². The van der Waals surface area contributed by atoms with Crippen molar-refractivity contribution in [3.63, 3.8) is 0 Å². The molecule has 0 amide bonds. The zero-order valence-corrected chi connectivity index (χ0v) is 7.05. The Balaban J connectivity index is 2.26. The van der Waals surface area contributed by atoms with Gasteiger partial charge in [0.15, 0.2) is 0 Å². The van der Waals surface area contributed by atoms with Crippen LogP contribution < -0.4 is 0 Å². The predicted octanol–water partition coefficient (Wildman–Crippen LogP) is 2.29. The molecule has 0 saturated heterocycles. The van der Waals surface area contributed by atoms with Crippen LogP contribution in [-0.4, -0.2) is 11.1 Å². The van der Waals surface area contributed by atoms with Crippen LogP contribution in [0.3, 0.4) is 0 Å². The van der Waals surface area contributed by atoms with Crippen LogP contribution in [0.25, 0.3) is 0 Å². The minimum Gasteiger partial charge on any atom is -0.481 e. The van der Waals surface area contributed by atoms with Crippen molar-refractivity contribution in [1.82, 2.24) is 0 Å². The summed E-state index contributed by atoms with van der Waals surface area (Å²) in [5.74, 6) is 0.582. The van der Waals surface area contributed by atoms with E-state index in [1.165, 1.54) is 12.8 Å². The first-order chi connectivity index (χ1) is 5.24. The zero-order valence-electron chi connectivity index (χ0n) is 7.05. The van der Waals surface area contributed by atoms with Crippen LogP contribution >= 0.6 is 0 Å². The quantitative estimate of drug-likeness (QED) is 0.663. The molecule has 1 aliphatic rings. The average molecular weight is 156 g/mol. The molecule has 0 bridgehead atoms. The van der Waals surface area contributed by atoms with Gasteiger partial charge in [0.2, 0.25) is 0 Å². The van der Waals surface area contributed by atoms with Crippen molar-refractivity contribution < 1.29 is 9.90 Å². The molecule has 1 rings (SSSR count). The molecule has 1 fully saturated rings. The third kappa shape index (κ3) is 2.91. The molecule has 2 nitrogen and oxygen atoms in total. The fourth-order valence-electron chi connectivity index (χ4n) is 1.67. The van der Waals surface area contributed by atoms with E-state index in [9.17, 15) is 4.79 Å². The molecule has 0 aromatic carbocycles. The lowest BCUT2D eigenvalue weighted by Gasteiger charge is -2.11. The lowest BCUT2D eigenvalue weighted by atomic mass is 9.95. The second-order valence-corrected chi connectivity index (χ2v) is 3.48. The number of carboxylic acid groups (broad SMARTS) is 1. The van der Waals surface area contributed by atoms with Gasteiger partial charge in [0, 0.05) is 6.42 Å². The Morgan fingerprint density at radius 2 is 2.27 bits per heavy atom. The molecule has 1 aliphatic carbocycles. The van der Waals surface area contributed by atoms with Gasteiger partial charge in [-0.05, 0) is 31.1 Å². The maximum absolute atomic E-state index is 10.4. The van der Waals surface area contributed by atoms with E-state index in [0.717, 1.165) is 18.8 Å². The second-order valence-electron chi connectivity index (χ2n) is 3.48. The Hall–Kier alpha value is -0.530. The van der Waals surface area contributed by atoms with Crippen LogP contribution in [0.15, 0.2) is 0 Å². The summed E-state index contributed by atoms with van der Waals surface area (Å²) in [7, 11) is 0. The predicted molar refractivity (Wildman–Crippen MR) is 43.4 cm³/mol. The van der Waals surface area contributed by atoms with Gasteiger partial charge in [-0.2, -0.15) is 0 Å². The molecule has 1 atom stereocenters. The molecule has 1 N–H and O–H groups in total. The standard InChI is InChI=1S/C9H16O2/c1-2-3-8(6-9(10)11)7-4-5-7/h7-8H,2-6H2,1H3,(H,10,11). The Kier molecular flexibility index (Phi) is 2.92. The molecule has 1 unspecified atom stereocenters. The molecule has 2 heteroatoms. The monoisotopic (exact) mass is 156 g/mol. The minimum atomic E-state index is -0.629. The first-order valence-corrected chi connectivity index (χ1v) is 4.45. The summed E-state index contributed by atoms with van der Waals surface area (Å²) in [6, 6.07) is 0. The van der Waals surface area contributed by atoms with Gasteiger partial charge < -0.3 is 5.11 Å². The highest BCUT2D eigenvalue weighted by Gasteiger charge is 2.31. The van der Waals surface area contributed by atoms with Crippen LogP contribution in [-0.2, 0) is 4.79 Å². The van der Waals surface area contributed by atoms with Crippen molar-refractivity contribution in [1.29, 1.82) is 0 Å². The highest BCUT2D eigenvalue weighted by molar-refractivity contribution is 5.67. The van der Waals surface area contributed by atoms with E-state index in [1.807, 2.05) is 0 Å². The van der Waals surface area contributed by atoms with Gasteiger partial charge in [-0.15, -0.1) is 0 Å². The van der Waals surface area contributed by atoms with Crippen LogP contribution in [0, 0.1) is 11.8 Å². The SMILES string of the molecule is CCCC(CC(=O)O)C1CC1. The van der Waals surface area contributed by atoms with Crippen molar-refractivity contribution in [3.05, 3.63) is 0 Å². The van der Waals surface area contributed by atoms with Gasteiger partial charge in [-0.1, -0.05) is 13.3 Å². The normalized spacial score (nSPS) is 19.7. The van der Waals surface area contributed by atoms with Crippen molar-refractivity contribution in [2.75, 3.05) is 0 Å². The summed E-state index contributed by atoms with van der Waals surface area (Å²) in [4.78, 5) is 10.4. The Labute approximate surface area is 67.6 Å². The van der Waals surface area contributed by atoms with E-state index in [4.69, 9.17) is 5.11 Å². The van der Waals surface area contributed by atoms with Crippen molar-refractivity contribution in [3.8, 4) is 0 Å². The number of rotatable bonds is 5. The summed E-state index contributed by atoms with van der Waals surface area (Å²) in [6.45, 7) is 2.12.